The first-order valence-electron chi connectivity index (χ1n) is 11.5. The van der Waals surface area contributed by atoms with E-state index >= 15 is 0 Å². The van der Waals surface area contributed by atoms with Crippen molar-refractivity contribution in [2.45, 2.75) is 46.3 Å². The zero-order valence-corrected chi connectivity index (χ0v) is 20.3. The quantitative estimate of drug-likeness (QED) is 0.489. The number of alkyl carbamates (subject to hydrolysis) is 1. The lowest BCUT2D eigenvalue weighted by atomic mass is 9.98. The van der Waals surface area contributed by atoms with E-state index in [1.54, 1.807) is 12.1 Å². The summed E-state index contributed by atoms with van der Waals surface area (Å²) in [7, 11) is 0. The van der Waals surface area contributed by atoms with Crippen LogP contribution in [0.25, 0.3) is 22.4 Å². The van der Waals surface area contributed by atoms with Gasteiger partial charge in [-0.3, -0.25) is 9.48 Å². The molecule has 184 valence electrons. The summed E-state index contributed by atoms with van der Waals surface area (Å²) in [6, 6.07) is 11.9. The van der Waals surface area contributed by atoms with Crippen LogP contribution in [0.4, 0.5) is 14.9 Å². The van der Waals surface area contributed by atoms with Gasteiger partial charge in [-0.2, -0.15) is 5.10 Å². The standard InChI is InChI=1S/C26H29FN4O4/c1-16-23(18-8-11-21-20(14-18)29-22(32)15-34-21)24(17-6-9-19(27)10-7-17)31(30-16)13-5-12-28-25(33)35-26(2,3)4/h6-11,14H,5,12-13,15H2,1-4H3,(H,28,33)(H,29,32). The molecule has 2 heterocycles. The maximum atomic E-state index is 13.7. The number of amides is 2. The second-order valence-corrected chi connectivity index (χ2v) is 9.37. The molecule has 1 aliphatic heterocycles. The molecule has 0 unspecified atom stereocenters. The Kier molecular flexibility index (Phi) is 6.77. The largest absolute Gasteiger partial charge is 0.482 e. The molecule has 0 saturated heterocycles. The number of hydrogen-bond donors (Lipinski definition) is 2. The highest BCUT2D eigenvalue weighted by atomic mass is 19.1. The molecule has 8 nitrogen and oxygen atoms in total. The number of aryl methyl sites for hydroxylation is 2. The zero-order chi connectivity index (χ0) is 25.2. The fourth-order valence-corrected chi connectivity index (χ4v) is 3.96. The second kappa shape index (κ2) is 9.77. The van der Waals surface area contributed by atoms with Gasteiger partial charge in [-0.05, 0) is 76.1 Å². The third-order valence-corrected chi connectivity index (χ3v) is 5.36. The van der Waals surface area contributed by atoms with E-state index in [0.29, 0.717) is 30.9 Å². The van der Waals surface area contributed by atoms with Gasteiger partial charge in [0.25, 0.3) is 5.91 Å². The molecule has 35 heavy (non-hydrogen) atoms. The van der Waals surface area contributed by atoms with Crippen molar-refractivity contribution in [3.8, 4) is 28.1 Å². The summed E-state index contributed by atoms with van der Waals surface area (Å²) in [5, 5.41) is 10.3. The number of rotatable bonds is 6. The smallest absolute Gasteiger partial charge is 0.407 e. The highest BCUT2D eigenvalue weighted by Gasteiger charge is 2.22. The number of benzene rings is 2. The Morgan fingerprint density at radius 3 is 2.63 bits per heavy atom. The lowest BCUT2D eigenvalue weighted by Crippen LogP contribution is -2.33. The number of fused-ring (bicyclic) bond motifs is 1. The van der Waals surface area contributed by atoms with Crippen LogP contribution in [0.5, 0.6) is 5.75 Å². The highest BCUT2D eigenvalue weighted by Crippen LogP contribution is 2.39. The molecule has 4 rings (SSSR count). The average Bonchev–Trinajstić information content (AvgIpc) is 3.11. The van der Waals surface area contributed by atoms with Crippen molar-refractivity contribution in [3.63, 3.8) is 0 Å². The van der Waals surface area contributed by atoms with Crippen molar-refractivity contribution in [1.29, 1.82) is 0 Å². The molecule has 0 aliphatic carbocycles. The number of halogens is 1. The first kappa shape index (κ1) is 24.3. The Bertz CT molecular complexity index is 1250. The third-order valence-electron chi connectivity index (χ3n) is 5.36. The van der Waals surface area contributed by atoms with E-state index in [2.05, 4.69) is 10.6 Å². The molecular weight excluding hydrogens is 451 g/mol. The van der Waals surface area contributed by atoms with Crippen LogP contribution in [0.3, 0.4) is 0 Å². The summed E-state index contributed by atoms with van der Waals surface area (Å²) < 4.78 is 26.3. The molecule has 0 bridgehead atoms. The fraction of sp³-hybridized carbons (Fsp3) is 0.346. The number of aromatic nitrogens is 2. The van der Waals surface area contributed by atoms with E-state index in [0.717, 1.165) is 28.1 Å². The van der Waals surface area contributed by atoms with E-state index in [1.165, 1.54) is 12.1 Å². The van der Waals surface area contributed by atoms with Crippen LogP contribution in [0.2, 0.25) is 0 Å². The normalized spacial score (nSPS) is 13.0. The molecule has 3 aromatic rings. The van der Waals surface area contributed by atoms with Crippen molar-refractivity contribution in [2.24, 2.45) is 0 Å². The number of anilines is 1. The number of carbonyl (C=O) groups excluding carboxylic acids is 2. The molecule has 2 N–H and O–H groups in total. The van der Waals surface area contributed by atoms with E-state index in [1.807, 2.05) is 50.6 Å². The van der Waals surface area contributed by atoms with Gasteiger partial charge in [-0.15, -0.1) is 0 Å². The molecule has 0 radical (unpaired) electrons. The van der Waals surface area contributed by atoms with Gasteiger partial charge in [0.2, 0.25) is 0 Å². The van der Waals surface area contributed by atoms with Gasteiger partial charge in [0.05, 0.1) is 17.1 Å². The molecule has 1 aliphatic rings. The third kappa shape index (κ3) is 5.79. The zero-order valence-electron chi connectivity index (χ0n) is 20.3. The molecule has 1 aromatic heterocycles. The first-order valence-corrected chi connectivity index (χ1v) is 11.5. The Labute approximate surface area is 203 Å². The molecule has 2 amide bonds. The predicted octanol–water partition coefficient (Wildman–Crippen LogP) is 4.91. The van der Waals surface area contributed by atoms with Crippen molar-refractivity contribution in [3.05, 3.63) is 54.0 Å². The van der Waals surface area contributed by atoms with Gasteiger partial charge in [-0.25, -0.2) is 9.18 Å². The highest BCUT2D eigenvalue weighted by molar-refractivity contribution is 5.97. The van der Waals surface area contributed by atoms with Gasteiger partial charge in [0.15, 0.2) is 6.61 Å². The van der Waals surface area contributed by atoms with Crippen molar-refractivity contribution in [1.82, 2.24) is 15.1 Å². The van der Waals surface area contributed by atoms with Crippen molar-refractivity contribution < 1.29 is 23.5 Å². The summed E-state index contributed by atoms with van der Waals surface area (Å²) in [5.41, 5.74) is 4.17. The Morgan fingerprint density at radius 1 is 1.20 bits per heavy atom. The monoisotopic (exact) mass is 480 g/mol. The van der Waals surface area contributed by atoms with Gasteiger partial charge >= 0.3 is 6.09 Å². The maximum Gasteiger partial charge on any atom is 0.407 e. The first-order chi connectivity index (χ1) is 16.6. The Morgan fingerprint density at radius 2 is 1.91 bits per heavy atom. The number of ether oxygens (including phenoxy) is 2. The minimum absolute atomic E-state index is 0.0124. The summed E-state index contributed by atoms with van der Waals surface area (Å²) >= 11 is 0. The van der Waals surface area contributed by atoms with Crippen LogP contribution in [0, 0.1) is 12.7 Å². The summed E-state index contributed by atoms with van der Waals surface area (Å²) in [6.45, 7) is 8.27. The predicted molar refractivity (Wildman–Crippen MR) is 131 cm³/mol. The topological polar surface area (TPSA) is 94.5 Å². The summed E-state index contributed by atoms with van der Waals surface area (Å²) in [5.74, 6) is 0.0709. The van der Waals surface area contributed by atoms with Crippen LogP contribution in [-0.2, 0) is 16.1 Å². The SMILES string of the molecule is Cc1nn(CCCNC(=O)OC(C)(C)C)c(-c2ccc(F)cc2)c1-c1ccc2c(c1)NC(=O)CO2. The van der Waals surface area contributed by atoms with Crippen LogP contribution in [-0.4, -0.2) is 40.5 Å². The number of hydrogen-bond acceptors (Lipinski definition) is 5. The molecule has 0 fully saturated rings. The summed E-state index contributed by atoms with van der Waals surface area (Å²) in [4.78, 5) is 23.8. The van der Waals surface area contributed by atoms with Crippen LogP contribution < -0.4 is 15.4 Å². The lowest BCUT2D eigenvalue weighted by Gasteiger charge is -2.19. The number of carbonyl (C=O) groups is 2. The van der Waals surface area contributed by atoms with Crippen LogP contribution in [0.15, 0.2) is 42.5 Å². The van der Waals surface area contributed by atoms with Crippen LogP contribution >= 0.6 is 0 Å². The molecular formula is C26H29FN4O4. The van der Waals surface area contributed by atoms with E-state index in [-0.39, 0.29) is 18.3 Å². The average molecular weight is 481 g/mol. The molecule has 0 spiro atoms. The van der Waals surface area contributed by atoms with Gasteiger partial charge in [-0.1, -0.05) is 6.07 Å². The lowest BCUT2D eigenvalue weighted by molar-refractivity contribution is -0.118. The van der Waals surface area contributed by atoms with Crippen LogP contribution in [0.1, 0.15) is 32.9 Å². The van der Waals surface area contributed by atoms with Gasteiger partial charge in [0.1, 0.15) is 17.2 Å². The van der Waals surface area contributed by atoms with Gasteiger partial charge < -0.3 is 20.1 Å². The number of nitrogens with zero attached hydrogens (tertiary/aromatic N) is 2. The van der Waals surface area contributed by atoms with E-state index < -0.39 is 11.7 Å². The fourth-order valence-electron chi connectivity index (χ4n) is 3.96. The van der Waals surface area contributed by atoms with Crippen molar-refractivity contribution >= 4 is 17.7 Å². The van der Waals surface area contributed by atoms with Gasteiger partial charge in [0, 0.05) is 24.2 Å². The number of nitrogens with one attached hydrogen (secondary N) is 2. The van der Waals surface area contributed by atoms with Crippen molar-refractivity contribution in [2.75, 3.05) is 18.5 Å². The Hall–Kier alpha value is -3.88. The molecule has 9 heteroatoms. The second-order valence-electron chi connectivity index (χ2n) is 9.37. The Balaban J connectivity index is 1.63. The minimum atomic E-state index is -0.562. The molecule has 0 atom stereocenters. The molecule has 2 aromatic carbocycles. The minimum Gasteiger partial charge on any atom is -0.482 e. The molecule has 0 saturated carbocycles. The van der Waals surface area contributed by atoms with E-state index in [4.69, 9.17) is 14.6 Å². The summed E-state index contributed by atoms with van der Waals surface area (Å²) in [6.07, 6.45) is 0.147. The van der Waals surface area contributed by atoms with E-state index in [9.17, 15) is 14.0 Å². The maximum absolute atomic E-state index is 13.7.